The van der Waals surface area contributed by atoms with Gasteiger partial charge in [-0.2, -0.15) is 0 Å². The molecule has 0 fully saturated rings. The third kappa shape index (κ3) is 3.81. The summed E-state index contributed by atoms with van der Waals surface area (Å²) < 4.78 is 13.2. The van der Waals surface area contributed by atoms with Crippen molar-refractivity contribution in [3.8, 4) is 0 Å². The van der Waals surface area contributed by atoms with E-state index < -0.39 is 6.10 Å². The molecule has 1 atom stereocenters. The zero-order valence-corrected chi connectivity index (χ0v) is 11.0. The maximum Gasteiger partial charge on any atom is 0.126 e. The standard InChI is InChI=1S/C15H23FO/c1-4-6-12(7-5-2)15(17)13-8-9-14(16)11(3)10-13/h8-10,12,15,17H,4-7H2,1-3H3. The maximum absolute atomic E-state index is 13.2. The minimum absolute atomic E-state index is 0.205. The summed E-state index contributed by atoms with van der Waals surface area (Å²) in [6.07, 6.45) is 3.72. The van der Waals surface area contributed by atoms with Crippen LogP contribution in [-0.4, -0.2) is 5.11 Å². The molecule has 96 valence electrons. The average molecular weight is 238 g/mol. The van der Waals surface area contributed by atoms with E-state index in [1.807, 2.05) is 0 Å². The van der Waals surface area contributed by atoms with E-state index in [2.05, 4.69) is 13.8 Å². The van der Waals surface area contributed by atoms with E-state index in [1.54, 1.807) is 19.1 Å². The fourth-order valence-electron chi connectivity index (χ4n) is 2.33. The Bertz CT molecular complexity index is 343. The summed E-state index contributed by atoms with van der Waals surface area (Å²) in [6.45, 7) is 6.00. The van der Waals surface area contributed by atoms with E-state index in [9.17, 15) is 9.50 Å². The molecule has 0 aliphatic heterocycles. The van der Waals surface area contributed by atoms with Crippen molar-refractivity contribution in [3.63, 3.8) is 0 Å². The Morgan fingerprint density at radius 1 is 1.18 bits per heavy atom. The van der Waals surface area contributed by atoms with Gasteiger partial charge in [0.25, 0.3) is 0 Å². The van der Waals surface area contributed by atoms with Gasteiger partial charge in [0, 0.05) is 0 Å². The van der Waals surface area contributed by atoms with Crippen molar-refractivity contribution in [3.05, 3.63) is 35.1 Å². The highest BCUT2D eigenvalue weighted by molar-refractivity contribution is 5.26. The van der Waals surface area contributed by atoms with Crippen LogP contribution in [0, 0.1) is 18.7 Å². The molecule has 0 heterocycles. The molecule has 0 aliphatic rings. The van der Waals surface area contributed by atoms with Gasteiger partial charge in [0.15, 0.2) is 0 Å². The number of rotatable bonds is 6. The summed E-state index contributed by atoms with van der Waals surface area (Å²) in [5.74, 6) is 0.0818. The molecular formula is C15H23FO. The highest BCUT2D eigenvalue weighted by Gasteiger charge is 2.19. The molecule has 0 amide bonds. The molecule has 0 spiro atoms. The minimum Gasteiger partial charge on any atom is -0.388 e. The van der Waals surface area contributed by atoms with E-state index in [1.165, 1.54) is 6.07 Å². The number of halogens is 1. The van der Waals surface area contributed by atoms with Crippen molar-refractivity contribution in [1.82, 2.24) is 0 Å². The second-order valence-electron chi connectivity index (χ2n) is 4.79. The quantitative estimate of drug-likeness (QED) is 0.779. The molecule has 0 aromatic heterocycles. The first-order valence-corrected chi connectivity index (χ1v) is 6.54. The molecule has 0 saturated heterocycles. The van der Waals surface area contributed by atoms with Gasteiger partial charge in [-0.25, -0.2) is 4.39 Å². The topological polar surface area (TPSA) is 20.2 Å². The fraction of sp³-hybridized carbons (Fsp3) is 0.600. The summed E-state index contributed by atoms with van der Waals surface area (Å²) in [6, 6.07) is 4.91. The van der Waals surface area contributed by atoms with Crippen molar-refractivity contribution in [2.45, 2.75) is 52.6 Å². The molecule has 1 rings (SSSR count). The zero-order valence-electron chi connectivity index (χ0n) is 11.0. The molecule has 1 aromatic rings. The number of hydrogen-bond acceptors (Lipinski definition) is 1. The summed E-state index contributed by atoms with van der Waals surface area (Å²) in [7, 11) is 0. The molecule has 1 N–H and O–H groups in total. The van der Waals surface area contributed by atoms with Gasteiger partial charge in [0.1, 0.15) is 5.82 Å². The van der Waals surface area contributed by atoms with Gasteiger partial charge in [0.05, 0.1) is 6.10 Å². The van der Waals surface area contributed by atoms with Crippen LogP contribution in [0.4, 0.5) is 4.39 Å². The second-order valence-corrected chi connectivity index (χ2v) is 4.79. The van der Waals surface area contributed by atoms with Crippen LogP contribution in [0.5, 0.6) is 0 Å². The molecule has 0 bridgehead atoms. The smallest absolute Gasteiger partial charge is 0.126 e. The van der Waals surface area contributed by atoms with Crippen molar-refractivity contribution in [2.24, 2.45) is 5.92 Å². The van der Waals surface area contributed by atoms with Crippen LogP contribution in [0.25, 0.3) is 0 Å². The molecule has 1 aromatic carbocycles. The van der Waals surface area contributed by atoms with E-state index in [4.69, 9.17) is 0 Å². The third-order valence-corrected chi connectivity index (χ3v) is 3.29. The van der Waals surface area contributed by atoms with Crippen molar-refractivity contribution in [2.75, 3.05) is 0 Å². The van der Waals surface area contributed by atoms with Gasteiger partial charge >= 0.3 is 0 Å². The molecule has 0 saturated carbocycles. The van der Waals surface area contributed by atoms with Crippen LogP contribution < -0.4 is 0 Å². The van der Waals surface area contributed by atoms with Crippen LogP contribution in [-0.2, 0) is 0 Å². The average Bonchev–Trinajstić information content (AvgIpc) is 2.31. The van der Waals surface area contributed by atoms with Crippen molar-refractivity contribution < 1.29 is 9.50 Å². The zero-order chi connectivity index (χ0) is 12.8. The van der Waals surface area contributed by atoms with E-state index in [0.29, 0.717) is 5.56 Å². The Morgan fingerprint density at radius 2 is 1.76 bits per heavy atom. The molecular weight excluding hydrogens is 215 g/mol. The van der Waals surface area contributed by atoms with E-state index >= 15 is 0 Å². The molecule has 0 aliphatic carbocycles. The van der Waals surface area contributed by atoms with Gasteiger partial charge in [-0.1, -0.05) is 38.8 Å². The van der Waals surface area contributed by atoms with Crippen LogP contribution in [0.15, 0.2) is 18.2 Å². The summed E-state index contributed by atoms with van der Waals surface area (Å²) in [4.78, 5) is 0. The lowest BCUT2D eigenvalue weighted by Crippen LogP contribution is -2.13. The minimum atomic E-state index is -0.464. The lowest BCUT2D eigenvalue weighted by atomic mass is 9.88. The largest absolute Gasteiger partial charge is 0.388 e. The molecule has 2 heteroatoms. The first kappa shape index (κ1) is 14.2. The van der Waals surface area contributed by atoms with Crippen LogP contribution in [0.1, 0.15) is 56.8 Å². The van der Waals surface area contributed by atoms with Crippen molar-refractivity contribution in [1.29, 1.82) is 0 Å². The highest BCUT2D eigenvalue weighted by Crippen LogP contribution is 2.30. The molecule has 0 radical (unpaired) electrons. The predicted octanol–water partition coefficient (Wildman–Crippen LogP) is 4.38. The lowest BCUT2D eigenvalue weighted by molar-refractivity contribution is 0.0963. The van der Waals surface area contributed by atoms with E-state index in [-0.39, 0.29) is 11.7 Å². The Hall–Kier alpha value is -0.890. The monoisotopic (exact) mass is 238 g/mol. The van der Waals surface area contributed by atoms with Gasteiger partial charge in [0.2, 0.25) is 0 Å². The molecule has 1 unspecified atom stereocenters. The first-order chi connectivity index (χ1) is 8.10. The van der Waals surface area contributed by atoms with Gasteiger partial charge in [-0.3, -0.25) is 0 Å². The van der Waals surface area contributed by atoms with E-state index in [0.717, 1.165) is 31.2 Å². The van der Waals surface area contributed by atoms with Crippen LogP contribution in [0.2, 0.25) is 0 Å². The summed E-state index contributed by atoms with van der Waals surface area (Å²) in [5, 5.41) is 10.3. The third-order valence-electron chi connectivity index (χ3n) is 3.29. The lowest BCUT2D eigenvalue weighted by Gasteiger charge is -2.22. The number of aryl methyl sites for hydroxylation is 1. The Balaban J connectivity index is 2.84. The molecule has 17 heavy (non-hydrogen) atoms. The fourth-order valence-corrected chi connectivity index (χ4v) is 2.33. The predicted molar refractivity (Wildman–Crippen MR) is 69.4 cm³/mol. The van der Waals surface area contributed by atoms with Gasteiger partial charge in [-0.05, 0) is 42.9 Å². The summed E-state index contributed by atoms with van der Waals surface area (Å²) >= 11 is 0. The first-order valence-electron chi connectivity index (χ1n) is 6.54. The van der Waals surface area contributed by atoms with Crippen LogP contribution >= 0.6 is 0 Å². The van der Waals surface area contributed by atoms with Gasteiger partial charge < -0.3 is 5.11 Å². The number of aliphatic hydroxyl groups excluding tert-OH is 1. The van der Waals surface area contributed by atoms with Crippen molar-refractivity contribution >= 4 is 0 Å². The number of aliphatic hydroxyl groups is 1. The van der Waals surface area contributed by atoms with Gasteiger partial charge in [-0.15, -0.1) is 0 Å². The maximum atomic E-state index is 13.2. The number of benzene rings is 1. The Kier molecular flexibility index (Phi) is 5.63. The van der Waals surface area contributed by atoms with Crippen LogP contribution in [0.3, 0.4) is 0 Å². The SMILES string of the molecule is CCCC(CCC)C(O)c1ccc(F)c(C)c1. The highest BCUT2D eigenvalue weighted by atomic mass is 19.1. The Labute approximate surface area is 104 Å². The number of hydrogen-bond donors (Lipinski definition) is 1. The summed E-state index contributed by atoms with van der Waals surface area (Å²) in [5.41, 5.74) is 1.45. The molecule has 1 nitrogen and oxygen atoms in total. The normalized spacial score (nSPS) is 13.1. The Morgan fingerprint density at radius 3 is 2.24 bits per heavy atom. The second kappa shape index (κ2) is 6.75.